The maximum atomic E-state index is 12.7. The Labute approximate surface area is 120 Å². The van der Waals surface area contributed by atoms with Crippen molar-refractivity contribution in [1.82, 2.24) is 14.7 Å². The van der Waals surface area contributed by atoms with E-state index in [1.165, 1.54) is 0 Å². The van der Waals surface area contributed by atoms with Gasteiger partial charge in [0.2, 0.25) is 0 Å². The Morgan fingerprint density at radius 1 is 1.55 bits per heavy atom. The summed E-state index contributed by atoms with van der Waals surface area (Å²) in [7, 11) is 1.84. The summed E-state index contributed by atoms with van der Waals surface area (Å²) in [5, 5.41) is 4.43. The van der Waals surface area contributed by atoms with Gasteiger partial charge in [-0.1, -0.05) is 13.8 Å². The predicted octanol–water partition coefficient (Wildman–Crippen LogP) is 2.18. The molecule has 1 fully saturated rings. The molecular weight excluding hydrogens is 254 g/mol. The molecule has 20 heavy (non-hydrogen) atoms. The fraction of sp³-hybridized carbons (Fsp3) is 0.733. The molecule has 0 bridgehead atoms. The molecule has 2 rings (SSSR count). The van der Waals surface area contributed by atoms with Crippen molar-refractivity contribution in [3.63, 3.8) is 0 Å². The lowest BCUT2D eigenvalue weighted by Crippen LogP contribution is -2.39. The van der Waals surface area contributed by atoms with Gasteiger partial charge in [-0.2, -0.15) is 5.10 Å². The molecule has 5 nitrogen and oxygen atoms in total. The second-order valence-electron chi connectivity index (χ2n) is 5.69. The highest BCUT2D eigenvalue weighted by Gasteiger charge is 2.31. The van der Waals surface area contributed by atoms with Crippen LogP contribution in [0.15, 0.2) is 6.07 Å². The van der Waals surface area contributed by atoms with Crippen LogP contribution in [0.25, 0.3) is 0 Å². The number of aromatic nitrogens is 2. The van der Waals surface area contributed by atoms with Crippen molar-refractivity contribution in [2.45, 2.75) is 45.6 Å². The van der Waals surface area contributed by atoms with E-state index in [1.54, 1.807) is 4.68 Å². The Balaban J connectivity index is 2.13. The third-order valence-electron chi connectivity index (χ3n) is 3.86. The number of likely N-dealkylation sites (tertiary alicyclic amines) is 1. The predicted molar refractivity (Wildman–Crippen MR) is 77.8 cm³/mol. The lowest BCUT2D eigenvalue weighted by molar-refractivity contribution is 0.0555. The monoisotopic (exact) mass is 279 g/mol. The minimum Gasteiger partial charge on any atom is -0.380 e. The average molecular weight is 279 g/mol. The summed E-state index contributed by atoms with van der Waals surface area (Å²) < 4.78 is 7.19. The largest absolute Gasteiger partial charge is 0.380 e. The van der Waals surface area contributed by atoms with E-state index in [1.807, 2.05) is 24.9 Å². The molecule has 0 radical (unpaired) electrons. The number of aryl methyl sites for hydroxylation is 1. The molecule has 1 aromatic rings. The van der Waals surface area contributed by atoms with E-state index in [9.17, 15) is 4.79 Å². The summed E-state index contributed by atoms with van der Waals surface area (Å²) >= 11 is 0. The van der Waals surface area contributed by atoms with Gasteiger partial charge in [-0.15, -0.1) is 0 Å². The summed E-state index contributed by atoms with van der Waals surface area (Å²) in [6.07, 6.45) is 2.08. The molecule has 5 heteroatoms. The van der Waals surface area contributed by atoms with Crippen LogP contribution in [0.2, 0.25) is 0 Å². The molecule has 1 aliphatic rings. The summed E-state index contributed by atoms with van der Waals surface area (Å²) in [4.78, 5) is 14.6. The van der Waals surface area contributed by atoms with Gasteiger partial charge in [-0.3, -0.25) is 9.48 Å². The first-order valence-electron chi connectivity index (χ1n) is 7.47. The first kappa shape index (κ1) is 15.0. The second-order valence-corrected chi connectivity index (χ2v) is 5.69. The summed E-state index contributed by atoms with van der Waals surface area (Å²) in [6, 6.07) is 2.13. The van der Waals surface area contributed by atoms with E-state index in [0.717, 1.165) is 25.1 Å². The summed E-state index contributed by atoms with van der Waals surface area (Å²) in [5.41, 5.74) is 1.65. The highest BCUT2D eigenvalue weighted by atomic mass is 16.5. The number of hydrogen-bond donors (Lipinski definition) is 0. The fourth-order valence-electron chi connectivity index (χ4n) is 2.65. The zero-order valence-electron chi connectivity index (χ0n) is 12.9. The van der Waals surface area contributed by atoms with Gasteiger partial charge in [0, 0.05) is 20.2 Å². The normalized spacial score (nSPS) is 19.1. The lowest BCUT2D eigenvalue weighted by atomic mass is 10.1. The third kappa shape index (κ3) is 3.03. The molecule has 112 valence electrons. The molecule has 0 spiro atoms. The lowest BCUT2D eigenvalue weighted by Gasteiger charge is -2.24. The maximum Gasteiger partial charge on any atom is 0.272 e. The van der Waals surface area contributed by atoms with Gasteiger partial charge in [0.1, 0.15) is 5.69 Å². The number of carbonyl (C=O) groups is 1. The molecule has 1 amide bonds. The van der Waals surface area contributed by atoms with Crippen molar-refractivity contribution in [1.29, 1.82) is 0 Å². The molecule has 1 atom stereocenters. The van der Waals surface area contributed by atoms with Gasteiger partial charge < -0.3 is 9.64 Å². The van der Waals surface area contributed by atoms with Gasteiger partial charge in [-0.25, -0.2) is 0 Å². The van der Waals surface area contributed by atoms with Crippen molar-refractivity contribution in [2.75, 3.05) is 19.8 Å². The van der Waals surface area contributed by atoms with Crippen LogP contribution < -0.4 is 0 Å². The molecule has 0 saturated carbocycles. The van der Waals surface area contributed by atoms with E-state index < -0.39 is 0 Å². The minimum atomic E-state index is 0.0779. The average Bonchev–Trinajstić information content (AvgIpc) is 3.02. The molecule has 0 aliphatic carbocycles. The molecular formula is C15H25N3O2. The van der Waals surface area contributed by atoms with Crippen molar-refractivity contribution in [3.8, 4) is 0 Å². The smallest absolute Gasteiger partial charge is 0.272 e. The van der Waals surface area contributed by atoms with Gasteiger partial charge >= 0.3 is 0 Å². The summed E-state index contributed by atoms with van der Waals surface area (Å²) in [5.74, 6) is 0.412. The summed E-state index contributed by atoms with van der Waals surface area (Å²) in [6.45, 7) is 8.31. The SMILES string of the molecule is CCOC[C@H]1CCCN1C(=O)c1cc(C(C)C)nn1C. The van der Waals surface area contributed by atoms with Gasteiger partial charge in [0.25, 0.3) is 5.91 Å². The Morgan fingerprint density at radius 3 is 2.90 bits per heavy atom. The topological polar surface area (TPSA) is 47.4 Å². The quantitative estimate of drug-likeness (QED) is 0.830. The van der Waals surface area contributed by atoms with E-state index in [0.29, 0.717) is 24.8 Å². The Morgan fingerprint density at radius 2 is 2.30 bits per heavy atom. The highest BCUT2D eigenvalue weighted by Crippen LogP contribution is 2.22. The molecule has 1 aromatic heterocycles. The number of rotatable bonds is 5. The Bertz CT molecular complexity index is 468. The number of carbonyl (C=O) groups excluding carboxylic acids is 1. The van der Waals surface area contributed by atoms with E-state index in [-0.39, 0.29) is 11.9 Å². The van der Waals surface area contributed by atoms with Crippen LogP contribution in [0.1, 0.15) is 55.7 Å². The molecule has 0 aromatic carbocycles. The molecule has 2 heterocycles. The number of hydrogen-bond acceptors (Lipinski definition) is 3. The van der Waals surface area contributed by atoms with E-state index in [2.05, 4.69) is 18.9 Å². The van der Waals surface area contributed by atoms with Crippen molar-refractivity contribution < 1.29 is 9.53 Å². The van der Waals surface area contributed by atoms with Crippen LogP contribution >= 0.6 is 0 Å². The van der Waals surface area contributed by atoms with Crippen molar-refractivity contribution in [2.24, 2.45) is 7.05 Å². The van der Waals surface area contributed by atoms with Gasteiger partial charge in [-0.05, 0) is 31.7 Å². The van der Waals surface area contributed by atoms with Crippen LogP contribution in [0, 0.1) is 0 Å². The fourth-order valence-corrected chi connectivity index (χ4v) is 2.65. The second kappa shape index (κ2) is 6.39. The van der Waals surface area contributed by atoms with Crippen LogP contribution in [-0.4, -0.2) is 46.4 Å². The Hall–Kier alpha value is -1.36. The first-order valence-corrected chi connectivity index (χ1v) is 7.47. The molecule has 0 N–H and O–H groups in total. The number of nitrogens with zero attached hydrogens (tertiary/aromatic N) is 3. The molecule has 0 unspecified atom stereocenters. The minimum absolute atomic E-state index is 0.0779. The van der Waals surface area contributed by atoms with Gasteiger partial charge in [0.05, 0.1) is 18.3 Å². The standard InChI is InChI=1S/C15H25N3O2/c1-5-20-10-12-7-6-8-18(12)15(19)14-9-13(11(2)3)16-17(14)4/h9,11-12H,5-8,10H2,1-4H3/t12-/m1/s1. The maximum absolute atomic E-state index is 12.7. The van der Waals surface area contributed by atoms with Crippen molar-refractivity contribution in [3.05, 3.63) is 17.5 Å². The Kier molecular flexibility index (Phi) is 4.81. The van der Waals surface area contributed by atoms with E-state index in [4.69, 9.17) is 4.74 Å². The van der Waals surface area contributed by atoms with Crippen LogP contribution in [0.4, 0.5) is 0 Å². The van der Waals surface area contributed by atoms with Crippen LogP contribution in [0.5, 0.6) is 0 Å². The number of amides is 1. The highest BCUT2D eigenvalue weighted by molar-refractivity contribution is 5.93. The van der Waals surface area contributed by atoms with Gasteiger partial charge in [0.15, 0.2) is 0 Å². The molecule has 1 saturated heterocycles. The zero-order valence-corrected chi connectivity index (χ0v) is 12.9. The van der Waals surface area contributed by atoms with E-state index >= 15 is 0 Å². The number of ether oxygens (including phenoxy) is 1. The molecule has 1 aliphatic heterocycles. The first-order chi connectivity index (χ1) is 9.54. The van der Waals surface area contributed by atoms with Crippen molar-refractivity contribution >= 4 is 5.91 Å². The zero-order chi connectivity index (χ0) is 14.7. The third-order valence-corrected chi connectivity index (χ3v) is 3.86. The van der Waals surface area contributed by atoms with Crippen LogP contribution in [-0.2, 0) is 11.8 Å². The van der Waals surface area contributed by atoms with Crippen LogP contribution in [0.3, 0.4) is 0 Å².